The number of nitrogens with one attached hydrogen (secondary N) is 1. The molecule has 2 fully saturated rings. The van der Waals surface area contributed by atoms with E-state index < -0.39 is 11.9 Å². The van der Waals surface area contributed by atoms with Crippen LogP contribution in [0.5, 0.6) is 0 Å². The Balaban J connectivity index is 1.48. The third-order valence-corrected chi connectivity index (χ3v) is 4.47. The Morgan fingerprint density at radius 2 is 1.59 bits per heavy atom. The first kappa shape index (κ1) is 16.9. The van der Waals surface area contributed by atoms with E-state index in [1.54, 1.807) is 43.8 Å². The molecule has 27 heavy (non-hydrogen) atoms. The number of piperazine rings is 1. The highest BCUT2D eigenvalue weighted by Crippen LogP contribution is 2.17. The van der Waals surface area contributed by atoms with Gasteiger partial charge in [0.05, 0.1) is 5.69 Å². The highest BCUT2D eigenvalue weighted by Gasteiger charge is 2.30. The SMILES string of the molecule is CN1C(=O)NC(=O)C1=Cc1ccnc(N2CCN(c3ncccn3)CC2)n1. The van der Waals surface area contributed by atoms with Gasteiger partial charge in [0.15, 0.2) is 0 Å². The van der Waals surface area contributed by atoms with Crippen LogP contribution in [0, 0.1) is 0 Å². The van der Waals surface area contributed by atoms with E-state index in [4.69, 9.17) is 0 Å². The van der Waals surface area contributed by atoms with Crippen LogP contribution in [0.4, 0.5) is 16.7 Å². The number of nitrogens with zero attached hydrogens (tertiary/aromatic N) is 7. The number of hydrogen-bond acceptors (Lipinski definition) is 8. The van der Waals surface area contributed by atoms with Crippen LogP contribution >= 0.6 is 0 Å². The zero-order valence-corrected chi connectivity index (χ0v) is 14.7. The van der Waals surface area contributed by atoms with Gasteiger partial charge in [-0.3, -0.25) is 15.0 Å². The first-order valence-electron chi connectivity index (χ1n) is 8.52. The molecular weight excluding hydrogens is 348 g/mol. The number of carbonyl (C=O) groups is 2. The van der Waals surface area contributed by atoms with Crippen molar-refractivity contribution in [3.8, 4) is 0 Å². The predicted molar refractivity (Wildman–Crippen MR) is 97.8 cm³/mol. The summed E-state index contributed by atoms with van der Waals surface area (Å²) in [6, 6.07) is 3.05. The summed E-state index contributed by atoms with van der Waals surface area (Å²) in [4.78, 5) is 46.3. The van der Waals surface area contributed by atoms with Crippen LogP contribution in [-0.2, 0) is 4.79 Å². The van der Waals surface area contributed by atoms with Crippen molar-refractivity contribution < 1.29 is 9.59 Å². The minimum Gasteiger partial charge on any atom is -0.337 e. The lowest BCUT2D eigenvalue weighted by Gasteiger charge is -2.34. The standard InChI is InChI=1S/C17H18N8O2/c1-23-13(14(26)22-17(23)27)11-12-3-6-20-16(21-12)25-9-7-24(8-10-25)15-18-4-2-5-19-15/h2-6,11H,7-10H2,1H3,(H,22,26,27). The van der Waals surface area contributed by atoms with Crippen LogP contribution in [0.1, 0.15) is 5.69 Å². The third kappa shape index (κ3) is 3.41. The van der Waals surface area contributed by atoms with Gasteiger partial charge in [0.25, 0.3) is 5.91 Å². The van der Waals surface area contributed by atoms with E-state index in [0.29, 0.717) is 11.6 Å². The molecule has 138 valence electrons. The average molecular weight is 366 g/mol. The summed E-state index contributed by atoms with van der Waals surface area (Å²) in [5, 5.41) is 2.24. The fourth-order valence-electron chi connectivity index (χ4n) is 2.96. The molecule has 2 aromatic heterocycles. The van der Waals surface area contributed by atoms with Crippen molar-refractivity contribution in [2.75, 3.05) is 43.0 Å². The lowest BCUT2D eigenvalue weighted by Crippen LogP contribution is -2.47. The number of urea groups is 1. The van der Waals surface area contributed by atoms with Gasteiger partial charge in [-0.05, 0) is 18.2 Å². The zero-order chi connectivity index (χ0) is 18.8. The molecule has 10 nitrogen and oxygen atoms in total. The number of carbonyl (C=O) groups excluding carboxylic acids is 2. The molecule has 2 aliphatic heterocycles. The second kappa shape index (κ2) is 6.98. The van der Waals surface area contributed by atoms with Crippen LogP contribution in [0.3, 0.4) is 0 Å². The minimum absolute atomic E-state index is 0.260. The maximum absolute atomic E-state index is 11.8. The lowest BCUT2D eigenvalue weighted by atomic mass is 10.3. The Hall–Kier alpha value is -3.56. The Morgan fingerprint density at radius 1 is 0.963 bits per heavy atom. The van der Waals surface area contributed by atoms with Crippen LogP contribution in [0.25, 0.3) is 6.08 Å². The Morgan fingerprint density at radius 3 is 2.22 bits per heavy atom. The van der Waals surface area contributed by atoms with Gasteiger partial charge in [-0.25, -0.2) is 24.7 Å². The summed E-state index contributed by atoms with van der Waals surface area (Å²) in [7, 11) is 1.54. The number of anilines is 2. The molecule has 10 heteroatoms. The summed E-state index contributed by atoms with van der Waals surface area (Å²) in [5.74, 6) is 0.876. The van der Waals surface area contributed by atoms with E-state index in [1.807, 2.05) is 0 Å². The van der Waals surface area contributed by atoms with Gasteiger partial charge in [0.2, 0.25) is 11.9 Å². The number of amides is 3. The Kier molecular flexibility index (Phi) is 4.37. The molecule has 1 N–H and O–H groups in total. The molecule has 0 unspecified atom stereocenters. The third-order valence-electron chi connectivity index (χ3n) is 4.47. The van der Waals surface area contributed by atoms with Gasteiger partial charge in [-0.15, -0.1) is 0 Å². The van der Waals surface area contributed by atoms with Crippen molar-refractivity contribution in [2.24, 2.45) is 0 Å². The molecule has 4 rings (SSSR count). The van der Waals surface area contributed by atoms with Crippen LogP contribution in [0.15, 0.2) is 36.4 Å². The summed E-state index contributed by atoms with van der Waals surface area (Å²) < 4.78 is 0. The van der Waals surface area contributed by atoms with E-state index >= 15 is 0 Å². The molecule has 0 spiro atoms. The van der Waals surface area contributed by atoms with E-state index in [9.17, 15) is 9.59 Å². The quantitative estimate of drug-likeness (QED) is 0.603. The highest BCUT2D eigenvalue weighted by atomic mass is 16.2. The van der Waals surface area contributed by atoms with E-state index in [2.05, 4.69) is 35.1 Å². The summed E-state index contributed by atoms with van der Waals surface area (Å²) >= 11 is 0. The fraction of sp³-hybridized carbons (Fsp3) is 0.294. The van der Waals surface area contributed by atoms with Crippen molar-refractivity contribution in [3.05, 3.63) is 42.1 Å². The van der Waals surface area contributed by atoms with Gasteiger partial charge >= 0.3 is 6.03 Å². The van der Waals surface area contributed by atoms with Gasteiger partial charge in [0.1, 0.15) is 5.70 Å². The Bertz CT molecular complexity index is 893. The van der Waals surface area contributed by atoms with E-state index in [1.165, 1.54) is 4.90 Å². The topological polar surface area (TPSA) is 107 Å². The maximum Gasteiger partial charge on any atom is 0.328 e. The average Bonchev–Trinajstić information content (AvgIpc) is 2.95. The molecule has 0 atom stereocenters. The predicted octanol–water partition coefficient (Wildman–Crippen LogP) is 0.116. The highest BCUT2D eigenvalue weighted by molar-refractivity contribution is 6.13. The summed E-state index contributed by atoms with van der Waals surface area (Å²) in [6.07, 6.45) is 6.70. The van der Waals surface area contributed by atoms with Crippen molar-refractivity contribution >= 4 is 29.9 Å². The second-order valence-corrected chi connectivity index (χ2v) is 6.15. The normalized spacial score (nSPS) is 19.0. The number of aromatic nitrogens is 4. The van der Waals surface area contributed by atoms with Gasteiger partial charge in [0, 0.05) is 51.8 Å². The van der Waals surface area contributed by atoms with Crippen molar-refractivity contribution in [1.29, 1.82) is 0 Å². The molecule has 0 aromatic carbocycles. The number of likely N-dealkylation sites (N-methyl/N-ethyl adjacent to an activating group) is 1. The first-order valence-corrected chi connectivity index (χ1v) is 8.52. The molecule has 2 aliphatic rings. The Labute approximate surface area is 155 Å². The number of hydrogen-bond donors (Lipinski definition) is 1. The number of imide groups is 1. The molecule has 0 saturated carbocycles. The minimum atomic E-state index is -0.445. The smallest absolute Gasteiger partial charge is 0.328 e. The largest absolute Gasteiger partial charge is 0.337 e. The fourth-order valence-corrected chi connectivity index (χ4v) is 2.96. The molecule has 3 amide bonds. The molecule has 2 saturated heterocycles. The molecule has 4 heterocycles. The van der Waals surface area contributed by atoms with Crippen LogP contribution < -0.4 is 15.1 Å². The molecule has 0 aliphatic carbocycles. The van der Waals surface area contributed by atoms with Gasteiger partial charge < -0.3 is 9.80 Å². The molecule has 0 radical (unpaired) electrons. The molecular formula is C17H18N8O2. The van der Waals surface area contributed by atoms with Gasteiger partial charge in [-0.2, -0.15) is 0 Å². The van der Waals surface area contributed by atoms with Crippen LogP contribution in [-0.4, -0.2) is 70.0 Å². The van der Waals surface area contributed by atoms with E-state index in [-0.39, 0.29) is 5.70 Å². The second-order valence-electron chi connectivity index (χ2n) is 6.15. The maximum atomic E-state index is 11.8. The molecule has 0 bridgehead atoms. The van der Waals surface area contributed by atoms with E-state index in [0.717, 1.165) is 32.1 Å². The monoisotopic (exact) mass is 366 g/mol. The van der Waals surface area contributed by atoms with Gasteiger partial charge in [-0.1, -0.05) is 0 Å². The van der Waals surface area contributed by atoms with Crippen molar-refractivity contribution in [1.82, 2.24) is 30.2 Å². The summed E-state index contributed by atoms with van der Waals surface area (Å²) in [5.41, 5.74) is 0.830. The summed E-state index contributed by atoms with van der Waals surface area (Å²) in [6.45, 7) is 2.99. The van der Waals surface area contributed by atoms with Crippen molar-refractivity contribution in [3.63, 3.8) is 0 Å². The molecule has 2 aromatic rings. The lowest BCUT2D eigenvalue weighted by molar-refractivity contribution is -0.115. The van der Waals surface area contributed by atoms with Crippen LogP contribution in [0.2, 0.25) is 0 Å². The zero-order valence-electron chi connectivity index (χ0n) is 14.7. The number of rotatable bonds is 3. The first-order chi connectivity index (χ1) is 13.1. The van der Waals surface area contributed by atoms with Crippen molar-refractivity contribution in [2.45, 2.75) is 0 Å².